The molecule has 5 nitrogen and oxygen atoms in total. The van der Waals surface area contributed by atoms with E-state index in [2.05, 4.69) is 10.6 Å². The molecule has 0 spiro atoms. The van der Waals surface area contributed by atoms with Crippen LogP contribution in [-0.2, 0) is 0 Å². The zero-order valence-electron chi connectivity index (χ0n) is 10.6. The molecule has 2 aromatic rings. The topological polar surface area (TPSA) is 78.4 Å². The third-order valence-electron chi connectivity index (χ3n) is 2.58. The summed E-state index contributed by atoms with van der Waals surface area (Å²) in [5.74, 6) is -1.73. The van der Waals surface area contributed by atoms with Crippen molar-refractivity contribution >= 4 is 46.0 Å². The summed E-state index contributed by atoms with van der Waals surface area (Å²) < 4.78 is 14.1. The number of benzene rings is 2. The highest BCUT2D eigenvalue weighted by molar-refractivity contribution is 14.1. The summed E-state index contributed by atoms with van der Waals surface area (Å²) in [6.07, 6.45) is 0. The van der Waals surface area contributed by atoms with E-state index < -0.39 is 17.8 Å². The van der Waals surface area contributed by atoms with Gasteiger partial charge in [0.05, 0.1) is 16.9 Å². The molecular weight excluding hydrogens is 390 g/mol. The number of para-hydroxylation sites is 1. The van der Waals surface area contributed by atoms with Crippen LogP contribution in [0.1, 0.15) is 10.4 Å². The zero-order valence-corrected chi connectivity index (χ0v) is 12.7. The van der Waals surface area contributed by atoms with E-state index in [1.165, 1.54) is 30.3 Å². The minimum Gasteiger partial charge on any atom is -0.478 e. The van der Waals surface area contributed by atoms with Crippen molar-refractivity contribution in [1.29, 1.82) is 0 Å². The van der Waals surface area contributed by atoms with E-state index in [4.69, 9.17) is 5.11 Å². The number of hydrogen-bond donors (Lipinski definition) is 3. The first-order valence-corrected chi connectivity index (χ1v) is 6.90. The lowest BCUT2D eigenvalue weighted by Gasteiger charge is -2.10. The average molecular weight is 400 g/mol. The molecule has 21 heavy (non-hydrogen) atoms. The Morgan fingerprint density at radius 3 is 2.38 bits per heavy atom. The lowest BCUT2D eigenvalue weighted by Crippen LogP contribution is -2.21. The number of carbonyl (C=O) groups is 2. The number of hydrogen-bond acceptors (Lipinski definition) is 2. The van der Waals surface area contributed by atoms with E-state index >= 15 is 0 Å². The largest absolute Gasteiger partial charge is 0.478 e. The van der Waals surface area contributed by atoms with Crippen LogP contribution in [0.2, 0.25) is 0 Å². The Morgan fingerprint density at radius 1 is 1.05 bits per heavy atom. The number of nitrogens with one attached hydrogen (secondary N) is 2. The molecule has 0 atom stereocenters. The van der Waals surface area contributed by atoms with Crippen LogP contribution in [0.5, 0.6) is 0 Å². The molecule has 0 radical (unpaired) electrons. The van der Waals surface area contributed by atoms with Crippen molar-refractivity contribution in [2.75, 3.05) is 10.6 Å². The minimum absolute atomic E-state index is 0.0115. The number of amides is 2. The predicted octanol–water partition coefficient (Wildman–Crippen LogP) is 3.77. The van der Waals surface area contributed by atoms with Crippen molar-refractivity contribution < 1.29 is 19.1 Å². The molecule has 0 unspecified atom stereocenters. The predicted molar refractivity (Wildman–Crippen MR) is 85.2 cm³/mol. The molecule has 3 N–H and O–H groups in total. The maximum atomic E-state index is 13.4. The Hall–Kier alpha value is -2.16. The van der Waals surface area contributed by atoms with Gasteiger partial charge in [0.25, 0.3) is 0 Å². The number of anilines is 2. The second kappa shape index (κ2) is 6.53. The molecule has 0 saturated carbocycles. The molecule has 0 fully saturated rings. The highest BCUT2D eigenvalue weighted by Crippen LogP contribution is 2.20. The Labute approximate surface area is 133 Å². The summed E-state index contributed by atoms with van der Waals surface area (Å²) in [5, 5.41) is 13.8. The normalized spacial score (nSPS) is 10.0. The van der Waals surface area contributed by atoms with Crippen LogP contribution in [0.15, 0.2) is 42.5 Å². The summed E-state index contributed by atoms with van der Waals surface area (Å²) in [6.45, 7) is 0. The molecule has 0 bridgehead atoms. The lowest BCUT2D eigenvalue weighted by molar-refractivity contribution is 0.0698. The Morgan fingerprint density at radius 2 is 1.71 bits per heavy atom. The molecule has 0 aliphatic heterocycles. The molecule has 0 heterocycles. The Bertz CT molecular complexity index is 706. The summed E-state index contributed by atoms with van der Waals surface area (Å²) in [4.78, 5) is 22.9. The summed E-state index contributed by atoms with van der Waals surface area (Å²) >= 11 is 1.97. The average Bonchev–Trinajstić information content (AvgIpc) is 2.43. The van der Waals surface area contributed by atoms with Gasteiger partial charge in [0.1, 0.15) is 5.82 Å². The molecule has 2 amide bonds. The van der Waals surface area contributed by atoms with Crippen LogP contribution >= 0.6 is 22.6 Å². The van der Waals surface area contributed by atoms with Gasteiger partial charge < -0.3 is 15.7 Å². The van der Waals surface area contributed by atoms with Gasteiger partial charge >= 0.3 is 12.0 Å². The molecule has 0 aromatic heterocycles. The van der Waals surface area contributed by atoms with E-state index in [0.29, 0.717) is 0 Å². The van der Waals surface area contributed by atoms with Gasteiger partial charge in [-0.1, -0.05) is 12.1 Å². The fraction of sp³-hybridized carbons (Fsp3) is 0. The quantitative estimate of drug-likeness (QED) is 0.687. The molecular formula is C14H10FIN2O3. The Balaban J connectivity index is 2.17. The van der Waals surface area contributed by atoms with Crippen LogP contribution < -0.4 is 10.6 Å². The first-order valence-electron chi connectivity index (χ1n) is 5.83. The summed E-state index contributed by atoms with van der Waals surface area (Å²) in [6, 6.07) is 9.54. The van der Waals surface area contributed by atoms with Crippen molar-refractivity contribution in [3.8, 4) is 0 Å². The maximum absolute atomic E-state index is 13.4. The molecule has 108 valence electrons. The summed E-state index contributed by atoms with van der Waals surface area (Å²) in [5.41, 5.74) is 0.111. The molecule has 0 aliphatic rings. The standard InChI is InChI=1S/C14H10FIN2O3/c15-10-3-1-2-4-12(10)18-14(21)17-11-6-5-8(16)7-9(11)13(19)20/h1-7H,(H,19,20)(H2,17,18,21). The monoisotopic (exact) mass is 400 g/mol. The van der Waals surface area contributed by atoms with Gasteiger partial charge in [-0.15, -0.1) is 0 Å². The number of rotatable bonds is 3. The summed E-state index contributed by atoms with van der Waals surface area (Å²) in [7, 11) is 0. The third-order valence-corrected chi connectivity index (χ3v) is 3.25. The van der Waals surface area contributed by atoms with Crippen molar-refractivity contribution in [2.45, 2.75) is 0 Å². The zero-order chi connectivity index (χ0) is 15.4. The van der Waals surface area contributed by atoms with Gasteiger partial charge in [-0.05, 0) is 52.9 Å². The molecule has 2 rings (SSSR count). The second-order valence-electron chi connectivity index (χ2n) is 4.05. The van der Waals surface area contributed by atoms with Crippen molar-refractivity contribution in [3.05, 3.63) is 57.4 Å². The Kier molecular flexibility index (Phi) is 4.73. The molecule has 2 aromatic carbocycles. The van der Waals surface area contributed by atoms with Crippen LogP contribution in [0.4, 0.5) is 20.6 Å². The van der Waals surface area contributed by atoms with E-state index in [1.54, 1.807) is 12.1 Å². The van der Waals surface area contributed by atoms with Gasteiger partial charge in [0.15, 0.2) is 0 Å². The van der Waals surface area contributed by atoms with E-state index in [1.807, 2.05) is 22.6 Å². The van der Waals surface area contributed by atoms with Crippen LogP contribution in [0, 0.1) is 9.39 Å². The van der Waals surface area contributed by atoms with Crippen LogP contribution in [-0.4, -0.2) is 17.1 Å². The number of urea groups is 1. The molecule has 7 heteroatoms. The minimum atomic E-state index is -1.16. The third kappa shape index (κ3) is 3.91. The second-order valence-corrected chi connectivity index (χ2v) is 5.30. The smallest absolute Gasteiger partial charge is 0.337 e. The SMILES string of the molecule is O=C(Nc1ccccc1F)Nc1ccc(I)cc1C(=O)O. The first-order chi connectivity index (χ1) is 9.97. The van der Waals surface area contributed by atoms with Gasteiger partial charge in [-0.3, -0.25) is 0 Å². The number of halogens is 2. The lowest BCUT2D eigenvalue weighted by atomic mass is 10.2. The fourth-order valence-electron chi connectivity index (χ4n) is 1.64. The van der Waals surface area contributed by atoms with E-state index in [-0.39, 0.29) is 16.9 Å². The van der Waals surface area contributed by atoms with E-state index in [9.17, 15) is 14.0 Å². The maximum Gasteiger partial charge on any atom is 0.337 e. The van der Waals surface area contributed by atoms with E-state index in [0.717, 1.165) is 3.57 Å². The number of carboxylic acid groups (broad SMARTS) is 1. The van der Waals surface area contributed by atoms with Crippen LogP contribution in [0.3, 0.4) is 0 Å². The first kappa shape index (κ1) is 15.2. The highest BCUT2D eigenvalue weighted by atomic mass is 127. The number of aromatic carboxylic acids is 1. The van der Waals surface area contributed by atoms with Crippen molar-refractivity contribution in [3.63, 3.8) is 0 Å². The molecule has 0 saturated heterocycles. The van der Waals surface area contributed by atoms with Gasteiger partial charge in [-0.2, -0.15) is 0 Å². The number of carbonyl (C=O) groups excluding carboxylic acids is 1. The van der Waals surface area contributed by atoms with Gasteiger partial charge in [0, 0.05) is 3.57 Å². The highest BCUT2D eigenvalue weighted by Gasteiger charge is 2.13. The van der Waals surface area contributed by atoms with Crippen molar-refractivity contribution in [1.82, 2.24) is 0 Å². The van der Waals surface area contributed by atoms with Crippen molar-refractivity contribution in [2.24, 2.45) is 0 Å². The molecule has 0 aliphatic carbocycles. The number of carboxylic acids is 1. The van der Waals surface area contributed by atoms with Gasteiger partial charge in [-0.25, -0.2) is 14.0 Å². The van der Waals surface area contributed by atoms with Gasteiger partial charge in [0.2, 0.25) is 0 Å². The van der Waals surface area contributed by atoms with Crippen LogP contribution in [0.25, 0.3) is 0 Å². The fourth-order valence-corrected chi connectivity index (χ4v) is 2.13.